The van der Waals surface area contributed by atoms with Gasteiger partial charge in [-0.05, 0) is 32.9 Å². The van der Waals surface area contributed by atoms with Crippen LogP contribution < -0.4 is 0 Å². The zero-order chi connectivity index (χ0) is 12.3. The molecule has 1 N–H and O–H groups in total. The SMILES string of the molecule is CC1CCCN(C(=O)CN(C)C)C1C(=O)O. The van der Waals surface area contributed by atoms with Gasteiger partial charge in [0, 0.05) is 6.54 Å². The Morgan fingerprint density at radius 2 is 2.06 bits per heavy atom. The summed E-state index contributed by atoms with van der Waals surface area (Å²) >= 11 is 0. The van der Waals surface area contributed by atoms with Crippen molar-refractivity contribution in [2.75, 3.05) is 27.2 Å². The molecule has 0 spiro atoms. The number of carbonyl (C=O) groups excluding carboxylic acids is 1. The number of hydrogen-bond donors (Lipinski definition) is 1. The van der Waals surface area contributed by atoms with Crippen LogP contribution in [-0.4, -0.2) is 60.0 Å². The fourth-order valence-electron chi connectivity index (χ4n) is 2.21. The van der Waals surface area contributed by atoms with E-state index in [1.807, 2.05) is 6.92 Å². The van der Waals surface area contributed by atoms with Crippen molar-refractivity contribution in [1.82, 2.24) is 9.80 Å². The lowest BCUT2D eigenvalue weighted by molar-refractivity contribution is -0.154. The molecule has 0 aromatic rings. The number of likely N-dealkylation sites (N-methyl/N-ethyl adjacent to an activating group) is 1. The number of aliphatic carboxylic acids is 1. The average molecular weight is 228 g/mol. The molecule has 1 amide bonds. The maximum absolute atomic E-state index is 11.9. The molecular formula is C11H20N2O3. The van der Waals surface area contributed by atoms with Gasteiger partial charge in [0.15, 0.2) is 0 Å². The van der Waals surface area contributed by atoms with Gasteiger partial charge in [-0.2, -0.15) is 0 Å². The van der Waals surface area contributed by atoms with Gasteiger partial charge in [0.1, 0.15) is 6.04 Å². The number of rotatable bonds is 3. The summed E-state index contributed by atoms with van der Waals surface area (Å²) in [5, 5.41) is 9.15. The van der Waals surface area contributed by atoms with Crippen LogP contribution in [0.5, 0.6) is 0 Å². The second kappa shape index (κ2) is 5.30. The minimum Gasteiger partial charge on any atom is -0.480 e. The number of hydrogen-bond acceptors (Lipinski definition) is 3. The Kier molecular flexibility index (Phi) is 4.29. The molecule has 16 heavy (non-hydrogen) atoms. The first-order valence-corrected chi connectivity index (χ1v) is 5.60. The number of nitrogens with zero attached hydrogens (tertiary/aromatic N) is 2. The van der Waals surface area contributed by atoms with Crippen molar-refractivity contribution in [2.45, 2.75) is 25.8 Å². The minimum atomic E-state index is -0.890. The third-order valence-electron chi connectivity index (χ3n) is 2.96. The van der Waals surface area contributed by atoms with E-state index >= 15 is 0 Å². The monoisotopic (exact) mass is 228 g/mol. The van der Waals surface area contributed by atoms with Crippen LogP contribution in [0.1, 0.15) is 19.8 Å². The predicted molar refractivity (Wildman–Crippen MR) is 60.1 cm³/mol. The van der Waals surface area contributed by atoms with Crippen molar-refractivity contribution in [3.63, 3.8) is 0 Å². The van der Waals surface area contributed by atoms with Crippen molar-refractivity contribution in [2.24, 2.45) is 5.92 Å². The lowest BCUT2D eigenvalue weighted by atomic mass is 9.90. The topological polar surface area (TPSA) is 60.9 Å². The van der Waals surface area contributed by atoms with Crippen LogP contribution in [0.15, 0.2) is 0 Å². The average Bonchev–Trinajstić information content (AvgIpc) is 2.15. The van der Waals surface area contributed by atoms with E-state index in [1.165, 1.54) is 4.90 Å². The largest absolute Gasteiger partial charge is 0.480 e. The molecule has 5 nitrogen and oxygen atoms in total. The highest BCUT2D eigenvalue weighted by Crippen LogP contribution is 2.23. The third kappa shape index (κ3) is 2.95. The van der Waals surface area contributed by atoms with Crippen molar-refractivity contribution < 1.29 is 14.7 Å². The molecular weight excluding hydrogens is 208 g/mol. The third-order valence-corrected chi connectivity index (χ3v) is 2.96. The summed E-state index contributed by atoms with van der Waals surface area (Å²) in [6.45, 7) is 2.73. The van der Waals surface area contributed by atoms with E-state index in [2.05, 4.69) is 0 Å². The summed E-state index contributed by atoms with van der Waals surface area (Å²) in [6.07, 6.45) is 1.77. The molecule has 0 aromatic heterocycles. The Morgan fingerprint density at radius 1 is 1.44 bits per heavy atom. The van der Waals surface area contributed by atoms with Crippen LogP contribution in [-0.2, 0) is 9.59 Å². The fourth-order valence-corrected chi connectivity index (χ4v) is 2.21. The summed E-state index contributed by atoms with van der Waals surface area (Å²) in [5.41, 5.74) is 0. The second-order valence-electron chi connectivity index (χ2n) is 4.73. The summed E-state index contributed by atoms with van der Waals surface area (Å²) in [7, 11) is 3.61. The van der Waals surface area contributed by atoms with Gasteiger partial charge in [-0.1, -0.05) is 6.92 Å². The van der Waals surface area contributed by atoms with Gasteiger partial charge >= 0.3 is 5.97 Å². The van der Waals surface area contributed by atoms with Crippen molar-refractivity contribution in [3.05, 3.63) is 0 Å². The standard InChI is InChI=1S/C11H20N2O3/c1-8-5-4-6-13(10(8)11(15)16)9(14)7-12(2)3/h8,10H,4-7H2,1-3H3,(H,15,16). The molecule has 1 rings (SSSR count). The first-order chi connectivity index (χ1) is 7.43. The molecule has 2 atom stereocenters. The summed E-state index contributed by atoms with van der Waals surface area (Å²) in [5.74, 6) is -0.944. The van der Waals surface area contributed by atoms with Crippen LogP contribution >= 0.6 is 0 Å². The van der Waals surface area contributed by atoms with Gasteiger partial charge in [0.25, 0.3) is 0 Å². The smallest absolute Gasteiger partial charge is 0.326 e. The predicted octanol–water partition coefficient (Wildman–Crippen LogP) is 0.260. The highest BCUT2D eigenvalue weighted by Gasteiger charge is 2.36. The lowest BCUT2D eigenvalue weighted by Crippen LogP contribution is -2.53. The highest BCUT2D eigenvalue weighted by atomic mass is 16.4. The molecule has 0 aliphatic carbocycles. The van der Waals surface area contributed by atoms with Gasteiger partial charge in [0.2, 0.25) is 5.91 Å². The number of likely N-dealkylation sites (tertiary alicyclic amines) is 1. The van der Waals surface area contributed by atoms with Crippen molar-refractivity contribution >= 4 is 11.9 Å². The molecule has 5 heteroatoms. The normalized spacial score (nSPS) is 25.9. The van der Waals surface area contributed by atoms with Crippen LogP contribution in [0.2, 0.25) is 0 Å². The maximum atomic E-state index is 11.9. The molecule has 0 saturated carbocycles. The summed E-state index contributed by atoms with van der Waals surface area (Å²) < 4.78 is 0. The van der Waals surface area contributed by atoms with Crippen LogP contribution in [0.4, 0.5) is 0 Å². The first-order valence-electron chi connectivity index (χ1n) is 5.60. The van der Waals surface area contributed by atoms with E-state index in [1.54, 1.807) is 19.0 Å². The van der Waals surface area contributed by atoms with Gasteiger partial charge in [-0.25, -0.2) is 4.79 Å². The molecule has 1 aliphatic heterocycles. The van der Waals surface area contributed by atoms with E-state index < -0.39 is 12.0 Å². The Hall–Kier alpha value is -1.10. The van der Waals surface area contributed by atoms with E-state index in [0.29, 0.717) is 6.54 Å². The van der Waals surface area contributed by atoms with Crippen LogP contribution in [0.3, 0.4) is 0 Å². The molecule has 0 radical (unpaired) electrons. The number of piperidine rings is 1. The highest BCUT2D eigenvalue weighted by molar-refractivity contribution is 5.85. The summed E-state index contributed by atoms with van der Waals surface area (Å²) in [6, 6.07) is -0.652. The number of carbonyl (C=O) groups is 2. The Balaban J connectivity index is 2.75. The lowest BCUT2D eigenvalue weighted by Gasteiger charge is -2.37. The van der Waals surface area contributed by atoms with Gasteiger partial charge in [-0.3, -0.25) is 4.79 Å². The molecule has 92 valence electrons. The van der Waals surface area contributed by atoms with Crippen LogP contribution in [0.25, 0.3) is 0 Å². The first kappa shape index (κ1) is 13.0. The minimum absolute atomic E-state index is 0.0392. The maximum Gasteiger partial charge on any atom is 0.326 e. The molecule has 0 bridgehead atoms. The Labute approximate surface area is 96.0 Å². The van der Waals surface area contributed by atoms with E-state index in [-0.39, 0.29) is 18.4 Å². The van der Waals surface area contributed by atoms with E-state index in [4.69, 9.17) is 5.11 Å². The Bertz CT molecular complexity index is 278. The molecule has 1 fully saturated rings. The number of carboxylic acids is 1. The van der Waals surface area contributed by atoms with Crippen LogP contribution in [0, 0.1) is 5.92 Å². The molecule has 0 aromatic carbocycles. The van der Waals surface area contributed by atoms with Crippen molar-refractivity contribution in [3.8, 4) is 0 Å². The number of amides is 1. The zero-order valence-corrected chi connectivity index (χ0v) is 10.1. The molecule has 2 unspecified atom stereocenters. The zero-order valence-electron chi connectivity index (χ0n) is 10.1. The molecule has 1 heterocycles. The second-order valence-corrected chi connectivity index (χ2v) is 4.73. The van der Waals surface area contributed by atoms with E-state index in [9.17, 15) is 9.59 Å². The Morgan fingerprint density at radius 3 is 2.56 bits per heavy atom. The molecule has 1 aliphatic rings. The van der Waals surface area contributed by atoms with Gasteiger partial charge in [-0.15, -0.1) is 0 Å². The van der Waals surface area contributed by atoms with Crippen molar-refractivity contribution in [1.29, 1.82) is 0 Å². The summed E-state index contributed by atoms with van der Waals surface area (Å²) in [4.78, 5) is 26.3. The van der Waals surface area contributed by atoms with Gasteiger partial charge in [0.05, 0.1) is 6.54 Å². The quantitative estimate of drug-likeness (QED) is 0.752. The number of carboxylic acid groups (broad SMARTS) is 1. The van der Waals surface area contributed by atoms with E-state index in [0.717, 1.165) is 12.8 Å². The van der Waals surface area contributed by atoms with Gasteiger partial charge < -0.3 is 14.9 Å². The fraction of sp³-hybridized carbons (Fsp3) is 0.818. The molecule has 1 saturated heterocycles.